The lowest BCUT2D eigenvalue weighted by atomic mass is 9.88. The number of nitrogen functional groups attached to an aromatic ring is 1. The summed E-state index contributed by atoms with van der Waals surface area (Å²) in [6.07, 6.45) is 0.752. The van der Waals surface area contributed by atoms with Gasteiger partial charge in [-0.3, -0.25) is 0 Å². The standard InChI is InChI=1S/C14H16Cl2N2O/c1-14(2,3)7-11-12(13(17)19-18-11)9-5-4-8(15)6-10(9)16/h4-6H,7,17H2,1-3H3. The van der Waals surface area contributed by atoms with E-state index in [1.54, 1.807) is 12.1 Å². The molecular formula is C14H16Cl2N2O. The van der Waals surface area contributed by atoms with Crippen LogP contribution in [0.1, 0.15) is 26.5 Å². The molecule has 19 heavy (non-hydrogen) atoms. The Bertz CT molecular complexity index is 600. The van der Waals surface area contributed by atoms with Crippen LogP contribution in [0, 0.1) is 5.41 Å². The summed E-state index contributed by atoms with van der Waals surface area (Å²) in [5.74, 6) is 0.281. The molecule has 0 aliphatic carbocycles. The van der Waals surface area contributed by atoms with Crippen molar-refractivity contribution in [2.45, 2.75) is 27.2 Å². The summed E-state index contributed by atoms with van der Waals surface area (Å²) in [7, 11) is 0. The smallest absolute Gasteiger partial charge is 0.230 e. The van der Waals surface area contributed by atoms with Crippen LogP contribution in [-0.4, -0.2) is 5.16 Å². The number of nitrogens with zero attached hydrogens (tertiary/aromatic N) is 1. The largest absolute Gasteiger partial charge is 0.367 e. The number of aromatic nitrogens is 1. The van der Waals surface area contributed by atoms with Crippen molar-refractivity contribution in [2.75, 3.05) is 5.73 Å². The van der Waals surface area contributed by atoms with Crippen molar-refractivity contribution in [3.63, 3.8) is 0 Å². The van der Waals surface area contributed by atoms with Crippen LogP contribution in [0.2, 0.25) is 10.0 Å². The van der Waals surface area contributed by atoms with Crippen LogP contribution in [0.25, 0.3) is 11.1 Å². The molecule has 5 heteroatoms. The zero-order valence-electron chi connectivity index (χ0n) is 11.1. The van der Waals surface area contributed by atoms with Crippen molar-refractivity contribution in [3.8, 4) is 11.1 Å². The number of hydrogen-bond acceptors (Lipinski definition) is 3. The van der Waals surface area contributed by atoms with Crippen molar-refractivity contribution in [2.24, 2.45) is 5.41 Å². The third-order valence-corrected chi connectivity index (χ3v) is 3.24. The van der Waals surface area contributed by atoms with Crippen LogP contribution in [0.15, 0.2) is 22.7 Å². The van der Waals surface area contributed by atoms with Crippen molar-refractivity contribution in [3.05, 3.63) is 33.9 Å². The molecule has 1 aromatic carbocycles. The van der Waals surface area contributed by atoms with Gasteiger partial charge in [0, 0.05) is 10.6 Å². The van der Waals surface area contributed by atoms with Crippen molar-refractivity contribution in [1.29, 1.82) is 0 Å². The van der Waals surface area contributed by atoms with Gasteiger partial charge in [0.05, 0.1) is 16.3 Å². The SMILES string of the molecule is CC(C)(C)Cc1noc(N)c1-c1ccc(Cl)cc1Cl. The van der Waals surface area contributed by atoms with Gasteiger partial charge < -0.3 is 10.3 Å². The maximum Gasteiger partial charge on any atom is 0.230 e. The van der Waals surface area contributed by atoms with Gasteiger partial charge in [0.15, 0.2) is 0 Å². The maximum atomic E-state index is 6.23. The van der Waals surface area contributed by atoms with Crippen LogP contribution in [0.5, 0.6) is 0 Å². The van der Waals surface area contributed by atoms with Crippen LogP contribution in [0.4, 0.5) is 5.88 Å². The molecule has 2 rings (SSSR count). The number of benzene rings is 1. The Balaban J connectivity index is 2.52. The minimum Gasteiger partial charge on any atom is -0.367 e. The average molecular weight is 299 g/mol. The molecule has 0 bridgehead atoms. The molecule has 0 spiro atoms. The van der Waals surface area contributed by atoms with Gasteiger partial charge >= 0.3 is 0 Å². The summed E-state index contributed by atoms with van der Waals surface area (Å²) in [5.41, 5.74) is 8.33. The predicted octanol–water partition coefficient (Wildman–Crippen LogP) is 4.82. The summed E-state index contributed by atoms with van der Waals surface area (Å²) in [6.45, 7) is 6.39. The minimum absolute atomic E-state index is 0.0803. The first-order chi connectivity index (χ1) is 8.78. The molecule has 0 saturated heterocycles. The zero-order chi connectivity index (χ0) is 14.2. The molecule has 102 valence electrons. The van der Waals surface area contributed by atoms with Gasteiger partial charge in [-0.1, -0.05) is 55.2 Å². The quantitative estimate of drug-likeness (QED) is 0.865. The first-order valence-electron chi connectivity index (χ1n) is 5.97. The van der Waals surface area contributed by atoms with E-state index >= 15 is 0 Å². The molecule has 0 aliphatic rings. The molecule has 1 aromatic heterocycles. The zero-order valence-corrected chi connectivity index (χ0v) is 12.6. The summed E-state index contributed by atoms with van der Waals surface area (Å²) in [5, 5.41) is 5.17. The molecule has 2 N–H and O–H groups in total. The molecule has 0 aliphatic heterocycles. The van der Waals surface area contributed by atoms with E-state index in [0.29, 0.717) is 10.0 Å². The minimum atomic E-state index is 0.0803. The second-order valence-corrected chi connectivity index (χ2v) is 6.57. The Morgan fingerprint density at radius 2 is 1.95 bits per heavy atom. The molecular weight excluding hydrogens is 283 g/mol. The third kappa shape index (κ3) is 3.23. The van der Waals surface area contributed by atoms with E-state index in [2.05, 4.69) is 25.9 Å². The van der Waals surface area contributed by atoms with Crippen molar-refractivity contribution < 1.29 is 4.52 Å². The van der Waals surface area contributed by atoms with E-state index in [9.17, 15) is 0 Å². The number of rotatable bonds is 2. The van der Waals surface area contributed by atoms with Crippen LogP contribution in [-0.2, 0) is 6.42 Å². The first-order valence-corrected chi connectivity index (χ1v) is 6.73. The lowest BCUT2D eigenvalue weighted by molar-refractivity contribution is 0.377. The fourth-order valence-electron chi connectivity index (χ4n) is 1.94. The van der Waals surface area contributed by atoms with E-state index in [-0.39, 0.29) is 11.3 Å². The lowest BCUT2D eigenvalue weighted by Crippen LogP contribution is -2.10. The summed E-state index contributed by atoms with van der Waals surface area (Å²) in [4.78, 5) is 0. The van der Waals surface area contributed by atoms with E-state index in [4.69, 9.17) is 33.5 Å². The summed E-state index contributed by atoms with van der Waals surface area (Å²) >= 11 is 12.1. The Morgan fingerprint density at radius 1 is 1.26 bits per heavy atom. The highest BCUT2D eigenvalue weighted by Crippen LogP contribution is 2.38. The number of nitrogens with two attached hydrogens (primary N) is 1. The fraction of sp³-hybridized carbons (Fsp3) is 0.357. The van der Waals surface area contributed by atoms with E-state index in [1.165, 1.54) is 0 Å². The highest BCUT2D eigenvalue weighted by Gasteiger charge is 2.22. The second kappa shape index (κ2) is 5.06. The Kier molecular flexibility index (Phi) is 3.79. The Labute approximate surface area is 122 Å². The lowest BCUT2D eigenvalue weighted by Gasteiger charge is -2.17. The van der Waals surface area contributed by atoms with Gasteiger partial charge in [0.2, 0.25) is 5.88 Å². The Morgan fingerprint density at radius 3 is 2.53 bits per heavy atom. The normalized spacial score (nSPS) is 11.8. The molecule has 0 saturated carbocycles. The number of hydrogen-bond donors (Lipinski definition) is 1. The molecule has 0 amide bonds. The van der Waals surface area contributed by atoms with Gasteiger partial charge in [-0.2, -0.15) is 0 Å². The van der Waals surface area contributed by atoms with Gasteiger partial charge in [0.1, 0.15) is 0 Å². The molecule has 3 nitrogen and oxygen atoms in total. The Hall–Kier alpha value is -1.19. The van der Waals surface area contributed by atoms with Gasteiger partial charge in [-0.05, 0) is 24.0 Å². The van der Waals surface area contributed by atoms with E-state index in [1.807, 2.05) is 6.07 Å². The monoisotopic (exact) mass is 298 g/mol. The molecule has 0 radical (unpaired) electrons. The van der Waals surface area contributed by atoms with Gasteiger partial charge in [-0.15, -0.1) is 0 Å². The molecule has 0 fully saturated rings. The summed E-state index contributed by atoms with van der Waals surface area (Å²) < 4.78 is 5.12. The molecule has 0 unspecified atom stereocenters. The summed E-state index contributed by atoms with van der Waals surface area (Å²) in [6, 6.07) is 5.29. The number of halogens is 2. The predicted molar refractivity (Wildman–Crippen MR) is 79.5 cm³/mol. The topological polar surface area (TPSA) is 52.0 Å². The highest BCUT2D eigenvalue weighted by atomic mass is 35.5. The highest BCUT2D eigenvalue weighted by molar-refractivity contribution is 6.36. The van der Waals surface area contributed by atoms with E-state index in [0.717, 1.165) is 23.2 Å². The molecule has 2 aromatic rings. The first kappa shape index (κ1) is 14.2. The molecule has 0 atom stereocenters. The molecule has 1 heterocycles. The maximum absolute atomic E-state index is 6.23. The number of anilines is 1. The van der Waals surface area contributed by atoms with E-state index < -0.39 is 0 Å². The van der Waals surface area contributed by atoms with Crippen LogP contribution < -0.4 is 5.73 Å². The van der Waals surface area contributed by atoms with Crippen molar-refractivity contribution in [1.82, 2.24) is 5.16 Å². The second-order valence-electron chi connectivity index (χ2n) is 5.73. The average Bonchev–Trinajstić information content (AvgIpc) is 2.58. The third-order valence-electron chi connectivity index (χ3n) is 2.69. The van der Waals surface area contributed by atoms with Crippen LogP contribution >= 0.6 is 23.2 Å². The van der Waals surface area contributed by atoms with Crippen LogP contribution in [0.3, 0.4) is 0 Å². The van der Waals surface area contributed by atoms with Gasteiger partial charge in [0.25, 0.3) is 0 Å². The fourth-order valence-corrected chi connectivity index (χ4v) is 2.44. The van der Waals surface area contributed by atoms with Gasteiger partial charge in [-0.25, -0.2) is 0 Å². The van der Waals surface area contributed by atoms with Crippen molar-refractivity contribution >= 4 is 29.1 Å².